The molecule has 6 aliphatic rings. The van der Waals surface area contributed by atoms with E-state index in [4.69, 9.17) is 14.2 Å². The van der Waals surface area contributed by atoms with Crippen molar-refractivity contribution in [1.29, 1.82) is 0 Å². The Hall–Kier alpha value is -5.62. The lowest BCUT2D eigenvalue weighted by Gasteiger charge is -2.63. The summed E-state index contributed by atoms with van der Waals surface area (Å²) < 4.78 is 52.4. The Morgan fingerprint density at radius 1 is 0.970 bits per heavy atom. The second-order valence-electron chi connectivity index (χ2n) is 18.9. The van der Waals surface area contributed by atoms with Gasteiger partial charge < -0.3 is 45.3 Å². The van der Waals surface area contributed by atoms with Crippen LogP contribution in [0.25, 0.3) is 0 Å². The van der Waals surface area contributed by atoms with Crippen LogP contribution < -0.4 is 20.7 Å². The Kier molecular flexibility index (Phi) is 12.5. The van der Waals surface area contributed by atoms with Crippen molar-refractivity contribution in [3.8, 4) is 5.75 Å². The maximum Gasteiger partial charge on any atom is 0.246 e. The summed E-state index contributed by atoms with van der Waals surface area (Å²) in [6, 6.07) is 10.7. The first-order valence-corrected chi connectivity index (χ1v) is 22.3. The topological polar surface area (TPSA) is 210 Å². The largest absolute Gasteiger partial charge is 0.495 e. The number of ketones is 2. The number of alkyl halides is 2. The van der Waals surface area contributed by atoms with Gasteiger partial charge in [0.2, 0.25) is 23.6 Å². The maximum atomic E-state index is 17.8. The minimum Gasteiger partial charge on any atom is -0.495 e. The van der Waals surface area contributed by atoms with Gasteiger partial charge >= 0.3 is 0 Å². The number of anilines is 1. The zero-order valence-electron chi connectivity index (χ0n) is 37.5. The van der Waals surface area contributed by atoms with E-state index in [1.165, 1.54) is 51.0 Å². The van der Waals surface area contributed by atoms with E-state index in [2.05, 4.69) is 16.0 Å². The number of hydrogen-bond acceptors (Lipinski definition) is 11. The molecule has 2 heterocycles. The van der Waals surface area contributed by atoms with Gasteiger partial charge in [0, 0.05) is 47.9 Å². The summed E-state index contributed by atoms with van der Waals surface area (Å²) in [5.41, 5.74) is -4.28. The number of ether oxygens (including phenoxy) is 3. The zero-order valence-corrected chi connectivity index (χ0v) is 37.5. The molecule has 1 saturated heterocycles. The van der Waals surface area contributed by atoms with E-state index >= 15 is 8.78 Å². The Morgan fingerprint density at radius 3 is 2.36 bits per heavy atom. The van der Waals surface area contributed by atoms with Crippen LogP contribution in [0.2, 0.25) is 0 Å². The summed E-state index contributed by atoms with van der Waals surface area (Å²) in [7, 11) is 1.46. The van der Waals surface area contributed by atoms with Gasteiger partial charge in [0.25, 0.3) is 0 Å². The number of benzene rings is 2. The number of nitrogens with one attached hydrogen (secondary N) is 3. The first kappa shape index (κ1) is 46.9. The SMILES string of the molecule is COc1cc(Cc2ccc([C@@H]3O[C@@H]4C[C@H]5[C@@H]6C[C@H](F)C7=CC(=O)C=C[C@]7(C)[C@@]6(F)[C@@H](O)C[C@]5(C)[C@]4(C(=O)CO)O3)cc2)ccc1NC(=O)[C@H](C)NC(=O)[C@H](C)NC(=O)CCN1CC=CC1=O. The molecule has 15 nitrogen and oxygen atoms in total. The van der Waals surface area contributed by atoms with Crippen LogP contribution in [0.4, 0.5) is 14.5 Å². The second kappa shape index (κ2) is 17.6. The molecule has 2 aromatic rings. The van der Waals surface area contributed by atoms with E-state index < -0.39 is 107 Å². The first-order chi connectivity index (χ1) is 31.3. The molecular weight excluding hydrogens is 859 g/mol. The molecule has 8 rings (SSSR count). The molecule has 5 N–H and O–H groups in total. The molecule has 0 aromatic heterocycles. The van der Waals surface area contributed by atoms with E-state index in [0.29, 0.717) is 30.0 Å². The van der Waals surface area contributed by atoms with Gasteiger partial charge in [0.1, 0.15) is 30.6 Å². The van der Waals surface area contributed by atoms with E-state index in [-0.39, 0.29) is 43.7 Å². The predicted octanol–water partition coefficient (Wildman–Crippen LogP) is 3.67. The van der Waals surface area contributed by atoms with Crippen LogP contribution in [-0.4, -0.2) is 119 Å². The Labute approximate surface area is 381 Å². The summed E-state index contributed by atoms with van der Waals surface area (Å²) in [4.78, 5) is 77.7. The number of aliphatic hydroxyl groups is 2. The minimum atomic E-state index is -2.35. The number of halogens is 2. The summed E-state index contributed by atoms with van der Waals surface area (Å²) >= 11 is 0. The van der Waals surface area contributed by atoms with Crippen LogP contribution in [0.15, 0.2) is 78.4 Å². The number of carbonyl (C=O) groups excluding carboxylic acids is 6. The summed E-state index contributed by atoms with van der Waals surface area (Å²) in [6.45, 7) is 6.02. The normalized spacial score (nSPS) is 33.8. The number of carbonyl (C=O) groups is 6. The lowest BCUT2D eigenvalue weighted by Crippen LogP contribution is -2.70. The first-order valence-electron chi connectivity index (χ1n) is 22.3. The monoisotopic (exact) mass is 914 g/mol. The number of rotatable bonds is 14. The maximum absolute atomic E-state index is 17.8. The number of allylic oxidation sites excluding steroid dienone is 4. The second-order valence-corrected chi connectivity index (χ2v) is 18.9. The summed E-state index contributed by atoms with van der Waals surface area (Å²) in [5, 5.41) is 30.1. The zero-order chi connectivity index (χ0) is 47.5. The fourth-order valence-electron chi connectivity index (χ4n) is 11.6. The van der Waals surface area contributed by atoms with Crippen LogP contribution in [0.5, 0.6) is 5.75 Å². The van der Waals surface area contributed by atoms with Crippen LogP contribution in [0.3, 0.4) is 0 Å². The molecule has 0 radical (unpaired) electrons. The molecule has 2 aromatic carbocycles. The molecule has 352 valence electrons. The highest BCUT2D eigenvalue weighted by molar-refractivity contribution is 6.01. The predicted molar refractivity (Wildman–Crippen MR) is 234 cm³/mol. The molecule has 4 aliphatic carbocycles. The van der Waals surface area contributed by atoms with Gasteiger partial charge in [0.15, 0.2) is 29.1 Å². The molecule has 0 spiro atoms. The van der Waals surface area contributed by atoms with Gasteiger partial charge in [-0.15, -0.1) is 0 Å². The number of aliphatic hydroxyl groups excluding tert-OH is 2. The Morgan fingerprint density at radius 2 is 1.68 bits per heavy atom. The van der Waals surface area contributed by atoms with Crippen molar-refractivity contribution in [2.24, 2.45) is 22.7 Å². The number of methoxy groups -OCH3 is 1. The third-order valence-electron chi connectivity index (χ3n) is 15.1. The van der Waals surface area contributed by atoms with Gasteiger partial charge in [-0.1, -0.05) is 49.4 Å². The molecule has 4 fully saturated rings. The van der Waals surface area contributed by atoms with E-state index in [9.17, 15) is 39.0 Å². The van der Waals surface area contributed by atoms with Crippen LogP contribution >= 0.6 is 0 Å². The van der Waals surface area contributed by atoms with Gasteiger partial charge in [0.05, 0.1) is 25.0 Å². The fraction of sp³-hybridized carbons (Fsp3) is 0.510. The number of fused-ring (bicyclic) bond motifs is 7. The van der Waals surface area contributed by atoms with Gasteiger partial charge in [-0.05, 0) is 93.4 Å². The average molecular weight is 915 g/mol. The van der Waals surface area contributed by atoms with Crippen LogP contribution in [0, 0.1) is 22.7 Å². The minimum absolute atomic E-state index is 0.00105. The van der Waals surface area contributed by atoms with Crippen LogP contribution in [0.1, 0.15) is 76.4 Å². The van der Waals surface area contributed by atoms with E-state index in [1.54, 1.807) is 37.3 Å². The molecule has 0 unspecified atom stereocenters. The third-order valence-corrected chi connectivity index (χ3v) is 15.1. The third kappa shape index (κ3) is 7.66. The highest BCUT2D eigenvalue weighted by Gasteiger charge is 2.80. The number of nitrogens with zero attached hydrogens (tertiary/aromatic N) is 1. The number of Topliss-reactive ketones (excluding diaryl/α,β-unsaturated/α-hetero) is 1. The molecule has 66 heavy (non-hydrogen) atoms. The highest BCUT2D eigenvalue weighted by Crippen LogP contribution is 2.72. The van der Waals surface area contributed by atoms with Crippen molar-refractivity contribution in [3.05, 3.63) is 95.1 Å². The summed E-state index contributed by atoms with van der Waals surface area (Å²) in [6.07, 6.45) is 1.65. The molecule has 4 amide bonds. The quantitative estimate of drug-likeness (QED) is 0.185. The van der Waals surface area contributed by atoms with Gasteiger partial charge in [-0.25, -0.2) is 8.78 Å². The van der Waals surface area contributed by atoms with E-state index in [0.717, 1.165) is 17.2 Å². The van der Waals surface area contributed by atoms with Gasteiger partial charge in [-0.2, -0.15) is 0 Å². The Bertz CT molecular complexity index is 2430. The lowest BCUT2D eigenvalue weighted by atomic mass is 9.44. The van der Waals surface area contributed by atoms with Crippen molar-refractivity contribution < 1.29 is 62.0 Å². The van der Waals surface area contributed by atoms with E-state index in [1.807, 2.05) is 18.2 Å². The number of hydrogen-bond donors (Lipinski definition) is 5. The molecule has 17 heteroatoms. The highest BCUT2D eigenvalue weighted by atomic mass is 19.1. The smallest absolute Gasteiger partial charge is 0.246 e. The standard InChI is InChI=1S/C49H56F2N4O11/c1-26(52-41(60)15-18-55-17-6-7-42(55)61)43(62)53-27(2)44(63)54-36-13-10-29(20-37(36)64-5)19-28-8-11-30(12-9-28)45-65-40-23-32-33-22-35(50)34-21-31(57)14-16-46(34,3)48(33,51)38(58)24-47(32,4)49(40,66-45)39(59)25-56/h6-14,16,20-21,26-27,32-33,35,38,40,45,56,58H,15,17-19,22-25H2,1-5H3,(H,52,60)(H,53,62)(H,54,63)/t26-,27-,32-,33-,35-,38-,40+,45+,46-,47-,48-,49+/m0/s1. The molecule has 0 bridgehead atoms. The molecule has 3 saturated carbocycles. The molecular formula is C49H56F2N4O11. The van der Waals surface area contributed by atoms with Crippen molar-refractivity contribution in [2.75, 3.05) is 32.1 Å². The Balaban J connectivity index is 0.896. The lowest BCUT2D eigenvalue weighted by molar-refractivity contribution is -0.235. The number of amides is 4. The van der Waals surface area contributed by atoms with Crippen LogP contribution in [-0.2, 0) is 44.7 Å². The average Bonchev–Trinajstić information content (AvgIpc) is 3.96. The summed E-state index contributed by atoms with van der Waals surface area (Å²) in [5.74, 6) is -4.12. The fourth-order valence-corrected chi connectivity index (χ4v) is 11.6. The van der Waals surface area contributed by atoms with Crippen molar-refractivity contribution >= 4 is 40.9 Å². The molecule has 12 atom stereocenters. The van der Waals surface area contributed by atoms with Crippen molar-refractivity contribution in [1.82, 2.24) is 15.5 Å². The molecule has 2 aliphatic heterocycles. The van der Waals surface area contributed by atoms with Gasteiger partial charge in [-0.3, -0.25) is 28.8 Å². The van der Waals surface area contributed by atoms with Crippen molar-refractivity contribution in [2.45, 2.75) is 108 Å². The van der Waals surface area contributed by atoms with Crippen molar-refractivity contribution in [3.63, 3.8) is 0 Å².